The Morgan fingerprint density at radius 3 is 2.27 bits per heavy atom. The number of piperazine rings is 1. The minimum atomic E-state index is 0.308. The van der Waals surface area contributed by atoms with E-state index in [4.69, 9.17) is 5.73 Å². The number of aromatic nitrogens is 5. The summed E-state index contributed by atoms with van der Waals surface area (Å²) in [7, 11) is 0. The molecule has 1 aromatic carbocycles. The van der Waals surface area contributed by atoms with Gasteiger partial charge in [-0.05, 0) is 75.8 Å². The van der Waals surface area contributed by atoms with Crippen LogP contribution in [0.2, 0.25) is 0 Å². The van der Waals surface area contributed by atoms with Gasteiger partial charge in [0.1, 0.15) is 11.8 Å². The van der Waals surface area contributed by atoms with Crippen molar-refractivity contribution in [2.24, 2.45) is 0 Å². The zero-order valence-electron chi connectivity index (χ0n) is 27.4. The van der Waals surface area contributed by atoms with Crippen molar-refractivity contribution in [2.45, 2.75) is 59.4 Å². The number of fused-ring (bicyclic) bond motifs is 1. The molecular weight excluding hydrogens is 562 g/mol. The molecule has 2 aliphatic heterocycles. The van der Waals surface area contributed by atoms with Crippen LogP contribution in [0.5, 0.6) is 0 Å². The van der Waals surface area contributed by atoms with Crippen LogP contribution in [0, 0.1) is 0 Å². The van der Waals surface area contributed by atoms with E-state index in [2.05, 4.69) is 75.0 Å². The zero-order valence-corrected chi connectivity index (χ0v) is 27.4. The topological polar surface area (TPSA) is 101 Å². The third-order valence-corrected chi connectivity index (χ3v) is 8.03. The summed E-state index contributed by atoms with van der Waals surface area (Å²) in [6, 6.07) is 14.5. The molecule has 0 aliphatic carbocycles. The molecule has 0 radical (unpaired) electrons. The van der Waals surface area contributed by atoms with Crippen LogP contribution in [0.25, 0.3) is 5.52 Å². The highest BCUT2D eigenvalue weighted by atomic mass is 16.2. The Bertz CT molecular complexity index is 1460. The van der Waals surface area contributed by atoms with Gasteiger partial charge in [-0.15, -0.1) is 6.58 Å². The van der Waals surface area contributed by atoms with Crippen molar-refractivity contribution >= 4 is 17.2 Å². The molecule has 0 saturated carbocycles. The number of amides is 1. The van der Waals surface area contributed by atoms with Crippen molar-refractivity contribution in [3.8, 4) is 0 Å². The van der Waals surface area contributed by atoms with Crippen molar-refractivity contribution in [1.29, 1.82) is 0 Å². The number of allylic oxidation sites excluding steroid dienone is 1. The first kappa shape index (κ1) is 33.9. The average molecular weight is 614 g/mol. The Labute approximate surface area is 268 Å². The minimum Gasteiger partial charge on any atom is -0.382 e. The van der Waals surface area contributed by atoms with E-state index in [1.807, 2.05) is 46.3 Å². The Morgan fingerprint density at radius 1 is 0.911 bits per heavy atom. The first-order valence-corrected chi connectivity index (χ1v) is 16.3. The van der Waals surface area contributed by atoms with Crippen molar-refractivity contribution < 1.29 is 4.79 Å². The van der Waals surface area contributed by atoms with Crippen LogP contribution in [-0.4, -0.2) is 97.3 Å². The molecule has 0 spiro atoms. The van der Waals surface area contributed by atoms with E-state index in [-0.39, 0.29) is 0 Å². The summed E-state index contributed by atoms with van der Waals surface area (Å²) in [6.45, 7) is 18.1. The van der Waals surface area contributed by atoms with E-state index in [1.165, 1.54) is 28.7 Å². The van der Waals surface area contributed by atoms with E-state index in [1.54, 1.807) is 0 Å². The van der Waals surface area contributed by atoms with Gasteiger partial charge in [0.25, 0.3) is 0 Å². The lowest BCUT2D eigenvalue weighted by Crippen LogP contribution is -2.49. The molecule has 2 saturated heterocycles. The summed E-state index contributed by atoms with van der Waals surface area (Å²) >= 11 is 0. The molecule has 10 nitrogen and oxygen atoms in total. The molecule has 4 aromatic rings. The van der Waals surface area contributed by atoms with Crippen LogP contribution in [0.15, 0.2) is 73.3 Å². The number of rotatable bonds is 9. The van der Waals surface area contributed by atoms with Crippen LogP contribution >= 0.6 is 0 Å². The molecule has 3 aromatic heterocycles. The number of carbonyl (C=O) groups is 1. The lowest BCUT2D eigenvalue weighted by atomic mass is 10.2. The summed E-state index contributed by atoms with van der Waals surface area (Å²) in [5.74, 6) is 0.832. The van der Waals surface area contributed by atoms with Crippen LogP contribution in [-0.2, 0) is 24.2 Å². The van der Waals surface area contributed by atoms with E-state index in [9.17, 15) is 4.79 Å². The summed E-state index contributed by atoms with van der Waals surface area (Å²) in [6.07, 6.45) is 11.0. The summed E-state index contributed by atoms with van der Waals surface area (Å²) in [5.41, 5.74) is 11.7. The molecule has 242 valence electrons. The van der Waals surface area contributed by atoms with E-state index < -0.39 is 0 Å². The standard InChI is InChI=1S/C19H29N7O.C12H14N2.C4H8/c20-19-17-6-5-16(26(17)22-15-21-19)4-3-7-23-10-12-24(13-11-23)14-18(27)25-8-1-2-9-25;1-2-11-8-13-14(9-11)10-12-6-4-3-5-7-12;1-4(2)3/h5-6,15H,1-4,7-14H2,(H2,20,21,22);3-9H,2,10H2,1H3;1H2,2-3H3. The van der Waals surface area contributed by atoms with Crippen LogP contribution in [0.4, 0.5) is 5.82 Å². The SMILES string of the molecule is C=C(C)C.CCc1cnn(Cc2ccccc2)c1.Nc1ncnn2c(CCCN3CCN(CC(=O)N4CCCC4)CC3)ccc12. The third-order valence-electron chi connectivity index (χ3n) is 8.03. The molecule has 45 heavy (non-hydrogen) atoms. The summed E-state index contributed by atoms with van der Waals surface area (Å²) < 4.78 is 3.87. The normalized spacial score (nSPS) is 15.3. The first-order valence-electron chi connectivity index (χ1n) is 16.3. The number of likely N-dealkylation sites (tertiary alicyclic amines) is 1. The van der Waals surface area contributed by atoms with Gasteiger partial charge in [0, 0.05) is 51.2 Å². The highest BCUT2D eigenvalue weighted by Gasteiger charge is 2.23. The second-order valence-electron chi connectivity index (χ2n) is 12.2. The van der Waals surface area contributed by atoms with Gasteiger partial charge in [-0.25, -0.2) is 9.50 Å². The van der Waals surface area contributed by atoms with Crippen LogP contribution < -0.4 is 5.73 Å². The van der Waals surface area contributed by atoms with Crippen molar-refractivity contribution in [3.63, 3.8) is 0 Å². The lowest BCUT2D eigenvalue weighted by Gasteiger charge is -2.35. The second-order valence-corrected chi connectivity index (χ2v) is 12.2. The largest absolute Gasteiger partial charge is 0.382 e. The third kappa shape index (κ3) is 10.8. The van der Waals surface area contributed by atoms with Crippen LogP contribution in [0.3, 0.4) is 0 Å². The fourth-order valence-corrected chi connectivity index (χ4v) is 5.55. The smallest absolute Gasteiger partial charge is 0.236 e. The molecule has 5 heterocycles. The first-order chi connectivity index (χ1) is 21.8. The van der Waals surface area contributed by atoms with E-state index in [0.717, 1.165) is 90.0 Å². The monoisotopic (exact) mass is 613 g/mol. The fraction of sp³-hybridized carbons (Fsp3) is 0.486. The number of hydrogen-bond acceptors (Lipinski definition) is 7. The van der Waals surface area contributed by atoms with E-state index in [0.29, 0.717) is 18.3 Å². The van der Waals surface area contributed by atoms with Gasteiger partial charge in [0.2, 0.25) is 5.91 Å². The van der Waals surface area contributed by atoms with Crippen molar-refractivity contribution in [1.82, 2.24) is 39.1 Å². The molecule has 2 aliphatic rings. The van der Waals surface area contributed by atoms with E-state index >= 15 is 0 Å². The molecular formula is C35H51N9O. The summed E-state index contributed by atoms with van der Waals surface area (Å²) in [4.78, 5) is 23.1. The van der Waals surface area contributed by atoms with Gasteiger partial charge in [-0.3, -0.25) is 14.4 Å². The van der Waals surface area contributed by atoms with Gasteiger partial charge in [0.05, 0.1) is 19.3 Å². The molecule has 2 N–H and O–H groups in total. The van der Waals surface area contributed by atoms with Crippen molar-refractivity contribution in [2.75, 3.05) is 58.1 Å². The van der Waals surface area contributed by atoms with Gasteiger partial charge in [0.15, 0.2) is 5.82 Å². The average Bonchev–Trinajstić information content (AvgIpc) is 3.81. The molecule has 0 atom stereocenters. The Hall–Kier alpha value is -4.02. The quantitative estimate of drug-likeness (QED) is 0.276. The number of nitrogens with two attached hydrogens (primary N) is 1. The number of benzene rings is 1. The van der Waals surface area contributed by atoms with Gasteiger partial charge < -0.3 is 15.5 Å². The Morgan fingerprint density at radius 2 is 1.60 bits per heavy atom. The number of hydrogen-bond donors (Lipinski definition) is 1. The van der Waals surface area contributed by atoms with Crippen LogP contribution in [0.1, 0.15) is 56.9 Å². The molecule has 1 amide bonds. The second kappa shape index (κ2) is 17.5. The molecule has 6 rings (SSSR count). The molecule has 10 heteroatoms. The maximum Gasteiger partial charge on any atom is 0.236 e. The Kier molecular flexibility index (Phi) is 13.1. The fourth-order valence-electron chi connectivity index (χ4n) is 5.55. The highest BCUT2D eigenvalue weighted by molar-refractivity contribution is 5.78. The number of nitrogens with zero attached hydrogens (tertiary/aromatic N) is 8. The maximum atomic E-state index is 12.3. The maximum absolute atomic E-state index is 12.3. The van der Waals surface area contributed by atoms with Crippen molar-refractivity contribution in [3.05, 3.63) is 90.2 Å². The minimum absolute atomic E-state index is 0.308. The lowest BCUT2D eigenvalue weighted by molar-refractivity contribution is -0.131. The number of nitrogen functional groups attached to an aromatic ring is 1. The summed E-state index contributed by atoms with van der Waals surface area (Å²) in [5, 5.41) is 8.61. The predicted octanol–water partition coefficient (Wildman–Crippen LogP) is 4.56. The van der Waals surface area contributed by atoms with Gasteiger partial charge >= 0.3 is 0 Å². The zero-order chi connectivity index (χ0) is 32.0. The molecule has 0 unspecified atom stereocenters. The predicted molar refractivity (Wildman–Crippen MR) is 182 cm³/mol. The molecule has 0 bridgehead atoms. The number of aryl methyl sites for hydroxylation is 2. The van der Waals surface area contributed by atoms with Gasteiger partial charge in [-0.1, -0.05) is 42.8 Å². The number of anilines is 1. The number of carbonyl (C=O) groups excluding carboxylic acids is 1. The Balaban J connectivity index is 0.000000213. The highest BCUT2D eigenvalue weighted by Crippen LogP contribution is 2.15. The molecule has 2 fully saturated rings. The van der Waals surface area contributed by atoms with Gasteiger partial charge in [-0.2, -0.15) is 10.2 Å².